The average molecular weight is 480 g/mol. The zero-order valence-electron chi connectivity index (χ0n) is 18.2. The lowest BCUT2D eigenvalue weighted by molar-refractivity contribution is -0.138. The van der Waals surface area contributed by atoms with Gasteiger partial charge in [0.1, 0.15) is 18.6 Å². The number of benzene rings is 1. The molecule has 12 heteroatoms. The molecule has 1 aromatic heterocycles. The van der Waals surface area contributed by atoms with Crippen LogP contribution in [0.25, 0.3) is 10.9 Å². The highest BCUT2D eigenvalue weighted by Crippen LogP contribution is 2.19. The van der Waals surface area contributed by atoms with Crippen molar-refractivity contribution < 1.29 is 29.4 Å². The summed E-state index contributed by atoms with van der Waals surface area (Å²) in [7, 11) is 0. The molecule has 11 nitrogen and oxygen atoms in total. The predicted molar refractivity (Wildman–Crippen MR) is 125 cm³/mol. The van der Waals surface area contributed by atoms with Gasteiger partial charge in [-0.3, -0.25) is 19.2 Å². The molecule has 3 atom stereocenters. The monoisotopic (exact) mass is 479 g/mol. The lowest BCUT2D eigenvalue weighted by Gasteiger charge is -2.23. The summed E-state index contributed by atoms with van der Waals surface area (Å²) in [5.41, 5.74) is 7.37. The number of thioether (sulfide) groups is 1. The van der Waals surface area contributed by atoms with Crippen molar-refractivity contribution in [1.29, 1.82) is 0 Å². The Bertz CT molecular complexity index is 981. The van der Waals surface area contributed by atoms with Gasteiger partial charge in [0, 0.05) is 23.5 Å². The Morgan fingerprint density at radius 1 is 1.09 bits per heavy atom. The summed E-state index contributed by atoms with van der Waals surface area (Å²) < 4.78 is 0. The highest BCUT2D eigenvalue weighted by Gasteiger charge is 2.28. The molecule has 0 aliphatic heterocycles. The Balaban J connectivity index is 2.14. The van der Waals surface area contributed by atoms with Crippen LogP contribution in [0.15, 0.2) is 30.5 Å². The van der Waals surface area contributed by atoms with Crippen molar-refractivity contribution in [3.63, 3.8) is 0 Å². The number of amides is 3. The summed E-state index contributed by atoms with van der Waals surface area (Å²) in [6, 6.07) is 4.06. The molecule has 8 N–H and O–H groups in total. The molecular formula is C21H29N5O6S. The van der Waals surface area contributed by atoms with Gasteiger partial charge < -0.3 is 36.9 Å². The maximum absolute atomic E-state index is 12.8. The smallest absolute Gasteiger partial charge is 0.322 e. The van der Waals surface area contributed by atoms with Gasteiger partial charge in [0.2, 0.25) is 17.7 Å². The molecule has 0 saturated heterocycles. The highest BCUT2D eigenvalue weighted by molar-refractivity contribution is 7.98. The first-order valence-corrected chi connectivity index (χ1v) is 11.7. The summed E-state index contributed by atoms with van der Waals surface area (Å²) >= 11 is 1.52. The van der Waals surface area contributed by atoms with Crippen LogP contribution in [0.5, 0.6) is 0 Å². The van der Waals surface area contributed by atoms with Crippen molar-refractivity contribution in [2.75, 3.05) is 25.2 Å². The molecule has 3 amide bonds. The molecule has 0 aliphatic rings. The number of aromatic nitrogens is 1. The normalized spacial score (nSPS) is 13.7. The van der Waals surface area contributed by atoms with Crippen molar-refractivity contribution in [2.24, 2.45) is 5.73 Å². The zero-order valence-corrected chi connectivity index (χ0v) is 19.0. The van der Waals surface area contributed by atoms with Gasteiger partial charge in [-0.05, 0) is 30.1 Å². The number of rotatable bonds is 13. The van der Waals surface area contributed by atoms with Crippen LogP contribution >= 0.6 is 11.8 Å². The second-order valence-electron chi connectivity index (χ2n) is 7.37. The number of hydrogen-bond acceptors (Lipinski definition) is 7. The van der Waals surface area contributed by atoms with Crippen LogP contribution in [0.4, 0.5) is 0 Å². The van der Waals surface area contributed by atoms with E-state index in [9.17, 15) is 24.3 Å². The summed E-state index contributed by atoms with van der Waals surface area (Å²) in [6.07, 6.45) is 4.02. The molecule has 2 aromatic rings. The third-order valence-corrected chi connectivity index (χ3v) is 5.58. The van der Waals surface area contributed by atoms with E-state index in [-0.39, 0.29) is 6.42 Å². The molecule has 33 heavy (non-hydrogen) atoms. The number of fused-ring (bicyclic) bond motifs is 1. The molecule has 0 bridgehead atoms. The topological polar surface area (TPSA) is 187 Å². The molecule has 0 radical (unpaired) electrons. The third-order valence-electron chi connectivity index (χ3n) is 4.93. The van der Waals surface area contributed by atoms with Gasteiger partial charge in [-0.25, -0.2) is 0 Å². The Kier molecular flexibility index (Phi) is 10.2. The van der Waals surface area contributed by atoms with Gasteiger partial charge >= 0.3 is 5.97 Å². The van der Waals surface area contributed by atoms with Gasteiger partial charge in [0.25, 0.3) is 0 Å². The second-order valence-corrected chi connectivity index (χ2v) is 8.35. The van der Waals surface area contributed by atoms with Crippen LogP contribution in [-0.2, 0) is 25.6 Å². The van der Waals surface area contributed by atoms with Crippen LogP contribution in [0.2, 0.25) is 0 Å². The number of carbonyl (C=O) groups excluding carboxylic acids is 3. The van der Waals surface area contributed by atoms with E-state index in [1.165, 1.54) is 11.8 Å². The quantitative estimate of drug-likeness (QED) is 0.190. The van der Waals surface area contributed by atoms with Gasteiger partial charge in [0.15, 0.2) is 0 Å². The van der Waals surface area contributed by atoms with Crippen LogP contribution < -0.4 is 21.7 Å². The Morgan fingerprint density at radius 2 is 1.79 bits per heavy atom. The fourth-order valence-corrected chi connectivity index (χ4v) is 3.63. The number of hydrogen-bond donors (Lipinski definition) is 7. The minimum atomic E-state index is -1.32. The van der Waals surface area contributed by atoms with Crippen molar-refractivity contribution in [2.45, 2.75) is 31.0 Å². The summed E-state index contributed by atoms with van der Waals surface area (Å²) in [5.74, 6) is -2.68. The van der Waals surface area contributed by atoms with Crippen molar-refractivity contribution in [3.05, 3.63) is 36.0 Å². The van der Waals surface area contributed by atoms with Gasteiger partial charge in [-0.2, -0.15) is 11.8 Å². The number of nitrogens with two attached hydrogens (primary N) is 1. The number of aliphatic hydroxyl groups is 1. The molecule has 0 aliphatic carbocycles. The fourth-order valence-electron chi connectivity index (χ4n) is 3.14. The molecule has 0 fully saturated rings. The van der Waals surface area contributed by atoms with E-state index in [0.717, 1.165) is 16.5 Å². The lowest BCUT2D eigenvalue weighted by atomic mass is 10.0. The molecule has 2 rings (SSSR count). The maximum Gasteiger partial charge on any atom is 0.322 e. The van der Waals surface area contributed by atoms with E-state index < -0.39 is 55.0 Å². The summed E-state index contributed by atoms with van der Waals surface area (Å²) in [4.78, 5) is 51.6. The first-order valence-electron chi connectivity index (χ1n) is 10.3. The Hall–Kier alpha value is -3.09. The van der Waals surface area contributed by atoms with Crippen molar-refractivity contribution in [1.82, 2.24) is 20.9 Å². The maximum atomic E-state index is 12.8. The fraction of sp³-hybridized carbons (Fsp3) is 0.429. The third kappa shape index (κ3) is 7.77. The number of aliphatic carboxylic acids is 1. The molecular weight excluding hydrogens is 450 g/mol. The number of carboxylic acid groups (broad SMARTS) is 1. The number of para-hydroxylation sites is 1. The molecule has 3 unspecified atom stereocenters. The minimum absolute atomic E-state index is 0.0561. The minimum Gasteiger partial charge on any atom is -0.480 e. The van der Waals surface area contributed by atoms with Gasteiger partial charge in [-0.1, -0.05) is 18.2 Å². The number of nitrogens with one attached hydrogen (secondary N) is 4. The SMILES string of the molecule is CSCCC(N)C(=O)NC(CO)C(=O)NC(Cc1c[nH]c2ccccc12)C(=O)NCC(=O)O. The van der Waals surface area contributed by atoms with Gasteiger partial charge in [0.05, 0.1) is 12.6 Å². The number of aliphatic hydroxyl groups excluding tert-OH is 1. The summed E-state index contributed by atoms with van der Waals surface area (Å²) in [5, 5.41) is 26.5. The zero-order chi connectivity index (χ0) is 24.4. The predicted octanol–water partition coefficient (Wildman–Crippen LogP) is -1.05. The van der Waals surface area contributed by atoms with E-state index >= 15 is 0 Å². The standard InChI is InChI=1S/C21H29N5O6S/c1-33-7-6-14(22)19(30)26-17(11-27)21(32)25-16(20(31)24-10-18(28)29)8-12-9-23-15-5-3-2-4-13(12)15/h2-5,9,14,16-17,23,27H,6-8,10-11,22H2,1H3,(H,24,31)(H,25,32)(H,26,30)(H,28,29). The van der Waals surface area contributed by atoms with E-state index in [1.54, 1.807) is 6.20 Å². The first kappa shape index (κ1) is 26.2. The molecule has 0 spiro atoms. The van der Waals surface area contributed by atoms with E-state index in [4.69, 9.17) is 10.8 Å². The van der Waals surface area contributed by atoms with Crippen LogP contribution in [-0.4, -0.2) is 82.2 Å². The van der Waals surface area contributed by atoms with Crippen molar-refractivity contribution >= 4 is 46.4 Å². The van der Waals surface area contributed by atoms with Crippen LogP contribution in [0.1, 0.15) is 12.0 Å². The second kappa shape index (κ2) is 12.8. The average Bonchev–Trinajstić information content (AvgIpc) is 3.21. The lowest BCUT2D eigenvalue weighted by Crippen LogP contribution is -2.57. The molecule has 1 heterocycles. The van der Waals surface area contributed by atoms with Crippen molar-refractivity contribution in [3.8, 4) is 0 Å². The Labute approximate surface area is 194 Å². The van der Waals surface area contributed by atoms with Crippen LogP contribution in [0.3, 0.4) is 0 Å². The molecule has 0 saturated carbocycles. The van der Waals surface area contributed by atoms with E-state index in [2.05, 4.69) is 20.9 Å². The largest absolute Gasteiger partial charge is 0.480 e. The van der Waals surface area contributed by atoms with E-state index in [0.29, 0.717) is 12.2 Å². The highest BCUT2D eigenvalue weighted by atomic mass is 32.2. The summed E-state index contributed by atoms with van der Waals surface area (Å²) in [6.45, 7) is -1.33. The first-order chi connectivity index (χ1) is 15.8. The number of carbonyl (C=O) groups is 4. The van der Waals surface area contributed by atoms with Crippen LogP contribution in [0, 0.1) is 0 Å². The number of carboxylic acids is 1. The van der Waals surface area contributed by atoms with E-state index in [1.807, 2.05) is 30.5 Å². The molecule has 1 aromatic carbocycles. The number of H-pyrrole nitrogens is 1. The number of aromatic amines is 1. The molecule has 180 valence electrons. The Morgan fingerprint density at radius 3 is 2.45 bits per heavy atom. The van der Waals surface area contributed by atoms with Gasteiger partial charge in [-0.15, -0.1) is 0 Å².